The number of hydrogen-bond donors (Lipinski definition) is 1. The first-order chi connectivity index (χ1) is 9.79. The number of nitrogens with one attached hydrogen (secondary N) is 1. The molecule has 3 rings (SSSR count). The third-order valence-electron chi connectivity index (χ3n) is 4.77. The molecule has 1 fully saturated rings. The van der Waals surface area contributed by atoms with Gasteiger partial charge >= 0.3 is 0 Å². The van der Waals surface area contributed by atoms with Gasteiger partial charge in [0.05, 0.1) is 5.52 Å². The van der Waals surface area contributed by atoms with E-state index in [1.165, 1.54) is 42.1 Å². The van der Waals surface area contributed by atoms with Gasteiger partial charge in [0.1, 0.15) is 0 Å². The van der Waals surface area contributed by atoms with Crippen molar-refractivity contribution in [2.24, 2.45) is 5.92 Å². The first-order valence-electron chi connectivity index (χ1n) is 8.08. The summed E-state index contributed by atoms with van der Waals surface area (Å²) < 4.78 is 2.55. The molecule has 1 saturated carbocycles. The van der Waals surface area contributed by atoms with Crippen LogP contribution in [0, 0.1) is 5.92 Å². The largest absolute Gasteiger partial charge is 0.344 e. The van der Waals surface area contributed by atoms with Crippen LogP contribution in [0.15, 0.2) is 30.5 Å². The topological polar surface area (TPSA) is 17.0 Å². The molecule has 0 amide bonds. The van der Waals surface area contributed by atoms with Gasteiger partial charge < -0.3 is 9.88 Å². The average Bonchev–Trinajstić information content (AvgIpc) is 2.90. The van der Waals surface area contributed by atoms with Crippen LogP contribution in [-0.2, 0) is 6.54 Å². The molecule has 1 aromatic carbocycles. The van der Waals surface area contributed by atoms with Crippen LogP contribution in [0.4, 0.5) is 0 Å². The zero-order valence-electron chi connectivity index (χ0n) is 12.7. The zero-order valence-corrected chi connectivity index (χ0v) is 12.7. The summed E-state index contributed by atoms with van der Waals surface area (Å²) in [5.74, 6) is 0.911. The van der Waals surface area contributed by atoms with Crippen molar-refractivity contribution in [3.63, 3.8) is 0 Å². The van der Waals surface area contributed by atoms with Gasteiger partial charge in [-0.15, -0.1) is 0 Å². The van der Waals surface area contributed by atoms with E-state index in [-0.39, 0.29) is 0 Å². The molecule has 0 spiro atoms. The molecule has 1 aliphatic rings. The fourth-order valence-electron chi connectivity index (χ4n) is 3.52. The summed E-state index contributed by atoms with van der Waals surface area (Å²) >= 11 is 0. The SMILES string of the molecule is CCNCc1cccc2ccn(C3CCC(C)CC3)c12. The Morgan fingerprint density at radius 2 is 1.95 bits per heavy atom. The van der Waals surface area contributed by atoms with Crippen molar-refractivity contribution in [3.05, 3.63) is 36.0 Å². The molecule has 2 heteroatoms. The van der Waals surface area contributed by atoms with E-state index in [2.05, 4.69) is 54.2 Å². The van der Waals surface area contributed by atoms with Crippen LogP contribution in [0.5, 0.6) is 0 Å². The average molecular weight is 270 g/mol. The second-order valence-electron chi connectivity index (χ2n) is 6.27. The normalized spacial score (nSPS) is 23.3. The first kappa shape index (κ1) is 13.7. The fourth-order valence-corrected chi connectivity index (χ4v) is 3.52. The lowest BCUT2D eigenvalue weighted by Crippen LogP contribution is -2.17. The molecule has 20 heavy (non-hydrogen) atoms. The number of nitrogens with zero attached hydrogens (tertiary/aromatic N) is 1. The Morgan fingerprint density at radius 1 is 1.15 bits per heavy atom. The van der Waals surface area contributed by atoms with E-state index in [0.29, 0.717) is 6.04 Å². The fraction of sp³-hybridized carbons (Fsp3) is 0.556. The van der Waals surface area contributed by atoms with Gasteiger partial charge in [0.2, 0.25) is 0 Å². The molecule has 1 aliphatic carbocycles. The predicted octanol–water partition coefficient (Wildman–Crippen LogP) is 4.50. The van der Waals surface area contributed by atoms with E-state index in [9.17, 15) is 0 Å². The molecule has 2 nitrogen and oxygen atoms in total. The number of para-hydroxylation sites is 1. The second kappa shape index (κ2) is 6.01. The van der Waals surface area contributed by atoms with E-state index >= 15 is 0 Å². The predicted molar refractivity (Wildman–Crippen MR) is 86.0 cm³/mol. The summed E-state index contributed by atoms with van der Waals surface area (Å²) in [7, 11) is 0. The van der Waals surface area contributed by atoms with Crippen molar-refractivity contribution in [1.29, 1.82) is 0 Å². The molecule has 2 aromatic rings. The number of aromatic nitrogens is 1. The maximum absolute atomic E-state index is 3.47. The molecular weight excluding hydrogens is 244 g/mol. The molecular formula is C18H26N2. The maximum Gasteiger partial charge on any atom is 0.0528 e. The molecule has 0 bridgehead atoms. The molecule has 0 aliphatic heterocycles. The van der Waals surface area contributed by atoms with Crippen LogP contribution in [0.25, 0.3) is 10.9 Å². The number of benzene rings is 1. The summed E-state index contributed by atoms with van der Waals surface area (Å²) in [5, 5.41) is 4.86. The molecule has 1 heterocycles. The Balaban J connectivity index is 1.94. The highest BCUT2D eigenvalue weighted by molar-refractivity contribution is 5.83. The van der Waals surface area contributed by atoms with Crippen LogP contribution in [-0.4, -0.2) is 11.1 Å². The Hall–Kier alpha value is -1.28. The van der Waals surface area contributed by atoms with E-state index in [4.69, 9.17) is 0 Å². The van der Waals surface area contributed by atoms with E-state index in [1.54, 1.807) is 0 Å². The van der Waals surface area contributed by atoms with Crippen molar-refractivity contribution >= 4 is 10.9 Å². The Bertz CT molecular complexity index is 562. The van der Waals surface area contributed by atoms with E-state index in [0.717, 1.165) is 19.0 Å². The number of rotatable bonds is 4. The van der Waals surface area contributed by atoms with Crippen molar-refractivity contribution in [2.75, 3.05) is 6.54 Å². The van der Waals surface area contributed by atoms with Crippen molar-refractivity contribution < 1.29 is 0 Å². The summed E-state index contributed by atoms with van der Waals surface area (Å²) in [6.45, 7) is 6.56. The molecule has 0 atom stereocenters. The minimum atomic E-state index is 0.700. The Morgan fingerprint density at radius 3 is 2.70 bits per heavy atom. The van der Waals surface area contributed by atoms with Crippen LogP contribution in [0.3, 0.4) is 0 Å². The molecule has 1 aromatic heterocycles. The van der Waals surface area contributed by atoms with Gasteiger partial charge in [0.25, 0.3) is 0 Å². The van der Waals surface area contributed by atoms with Crippen LogP contribution < -0.4 is 5.32 Å². The zero-order chi connectivity index (χ0) is 13.9. The van der Waals surface area contributed by atoms with Crippen molar-refractivity contribution in [1.82, 2.24) is 9.88 Å². The molecule has 0 saturated heterocycles. The third kappa shape index (κ3) is 2.62. The smallest absolute Gasteiger partial charge is 0.0528 e. The lowest BCUT2D eigenvalue weighted by Gasteiger charge is -2.28. The van der Waals surface area contributed by atoms with E-state index < -0.39 is 0 Å². The standard InChI is InChI=1S/C18H26N2/c1-3-19-13-16-6-4-5-15-11-12-20(18(15)16)17-9-7-14(2)8-10-17/h4-6,11-12,14,17,19H,3,7-10,13H2,1-2H3. The summed E-state index contributed by atoms with van der Waals surface area (Å²) in [4.78, 5) is 0. The van der Waals surface area contributed by atoms with Crippen LogP contribution in [0.2, 0.25) is 0 Å². The molecule has 108 valence electrons. The lowest BCUT2D eigenvalue weighted by atomic mass is 9.87. The maximum atomic E-state index is 3.47. The van der Waals surface area contributed by atoms with Crippen LogP contribution in [0.1, 0.15) is 51.1 Å². The van der Waals surface area contributed by atoms with Gasteiger partial charge in [-0.2, -0.15) is 0 Å². The summed E-state index contributed by atoms with van der Waals surface area (Å²) in [5.41, 5.74) is 2.89. The highest BCUT2D eigenvalue weighted by atomic mass is 15.0. The van der Waals surface area contributed by atoms with Gasteiger partial charge in [-0.1, -0.05) is 32.0 Å². The van der Waals surface area contributed by atoms with Gasteiger partial charge in [-0.3, -0.25) is 0 Å². The van der Waals surface area contributed by atoms with Gasteiger partial charge in [-0.25, -0.2) is 0 Å². The quantitative estimate of drug-likeness (QED) is 0.865. The van der Waals surface area contributed by atoms with Crippen molar-refractivity contribution in [2.45, 2.75) is 52.1 Å². The van der Waals surface area contributed by atoms with Gasteiger partial charge in [-0.05, 0) is 55.2 Å². The van der Waals surface area contributed by atoms with Crippen molar-refractivity contribution in [3.8, 4) is 0 Å². The highest BCUT2D eigenvalue weighted by Gasteiger charge is 2.21. The van der Waals surface area contributed by atoms with Crippen LogP contribution >= 0.6 is 0 Å². The highest BCUT2D eigenvalue weighted by Crippen LogP contribution is 2.35. The monoisotopic (exact) mass is 270 g/mol. The minimum absolute atomic E-state index is 0.700. The minimum Gasteiger partial charge on any atom is -0.344 e. The number of fused-ring (bicyclic) bond motifs is 1. The van der Waals surface area contributed by atoms with Gasteiger partial charge in [0, 0.05) is 18.8 Å². The number of hydrogen-bond acceptors (Lipinski definition) is 1. The summed E-state index contributed by atoms with van der Waals surface area (Å²) in [6.07, 6.45) is 7.72. The molecule has 0 radical (unpaired) electrons. The first-order valence-corrected chi connectivity index (χ1v) is 8.08. The Kier molecular flexibility index (Phi) is 4.11. The molecule has 0 unspecified atom stereocenters. The Labute approximate surface area is 122 Å². The molecule has 1 N–H and O–H groups in total. The van der Waals surface area contributed by atoms with Gasteiger partial charge in [0.15, 0.2) is 0 Å². The lowest BCUT2D eigenvalue weighted by molar-refractivity contribution is 0.294. The summed E-state index contributed by atoms with van der Waals surface area (Å²) in [6, 6.07) is 9.68. The third-order valence-corrected chi connectivity index (χ3v) is 4.77. The second-order valence-corrected chi connectivity index (χ2v) is 6.27. The van der Waals surface area contributed by atoms with E-state index in [1.807, 2.05) is 0 Å².